The summed E-state index contributed by atoms with van der Waals surface area (Å²) < 4.78 is 0. The number of carbonyl (C=O) groups is 1. The Labute approximate surface area is 167 Å². The highest BCUT2D eigenvalue weighted by atomic mass is 35.5. The summed E-state index contributed by atoms with van der Waals surface area (Å²) in [4.78, 5) is 14.6. The molecule has 2 aliphatic rings. The zero-order chi connectivity index (χ0) is 16.4. The first-order valence-corrected chi connectivity index (χ1v) is 8.92. The highest BCUT2D eigenvalue weighted by Crippen LogP contribution is 2.29. The Hall–Kier alpha value is -0.680. The standard InChI is InChI=1S/C18H26ClN3O.2ClH/c1-12-3-4-16(19)7-17(12)22-6-5-14(11-22)8-21-18(23)13(2)15-9-20-10-15;;/h3-4,7,13-15,20H,5-6,8-11H2,1-2H3,(H,21,23);2*1H. The molecule has 2 N–H and O–H groups in total. The van der Waals surface area contributed by atoms with Gasteiger partial charge in [0, 0.05) is 36.3 Å². The van der Waals surface area contributed by atoms with Gasteiger partial charge in [-0.2, -0.15) is 0 Å². The topological polar surface area (TPSA) is 44.4 Å². The largest absolute Gasteiger partial charge is 0.371 e. The molecule has 0 radical (unpaired) electrons. The molecule has 1 aromatic rings. The summed E-state index contributed by atoms with van der Waals surface area (Å²) in [5.74, 6) is 1.34. The molecule has 0 aliphatic carbocycles. The van der Waals surface area contributed by atoms with Crippen LogP contribution in [0.15, 0.2) is 18.2 Å². The fourth-order valence-electron chi connectivity index (χ4n) is 3.43. The van der Waals surface area contributed by atoms with Crippen LogP contribution in [-0.4, -0.2) is 38.6 Å². The van der Waals surface area contributed by atoms with Crippen molar-refractivity contribution >= 4 is 48.0 Å². The van der Waals surface area contributed by atoms with Gasteiger partial charge in [0.15, 0.2) is 0 Å². The molecule has 2 unspecified atom stereocenters. The van der Waals surface area contributed by atoms with Crippen LogP contribution in [-0.2, 0) is 4.79 Å². The lowest BCUT2D eigenvalue weighted by Crippen LogP contribution is -2.50. The van der Waals surface area contributed by atoms with Crippen LogP contribution in [0.3, 0.4) is 0 Å². The number of halogens is 3. The van der Waals surface area contributed by atoms with Gasteiger partial charge in [-0.25, -0.2) is 0 Å². The first-order chi connectivity index (χ1) is 11.0. The molecule has 142 valence electrons. The average molecular weight is 409 g/mol. The van der Waals surface area contributed by atoms with Crippen molar-refractivity contribution in [3.8, 4) is 0 Å². The van der Waals surface area contributed by atoms with E-state index in [0.717, 1.165) is 44.2 Å². The molecule has 0 aromatic heterocycles. The van der Waals surface area contributed by atoms with Crippen molar-refractivity contribution in [3.63, 3.8) is 0 Å². The van der Waals surface area contributed by atoms with Crippen molar-refractivity contribution in [1.82, 2.24) is 10.6 Å². The fourth-order valence-corrected chi connectivity index (χ4v) is 3.59. The zero-order valence-electron chi connectivity index (χ0n) is 14.8. The van der Waals surface area contributed by atoms with E-state index in [-0.39, 0.29) is 36.6 Å². The van der Waals surface area contributed by atoms with Crippen molar-refractivity contribution in [2.75, 3.05) is 37.6 Å². The maximum atomic E-state index is 12.2. The van der Waals surface area contributed by atoms with Gasteiger partial charge in [0.2, 0.25) is 5.91 Å². The highest BCUT2D eigenvalue weighted by molar-refractivity contribution is 6.30. The minimum Gasteiger partial charge on any atom is -0.371 e. The van der Waals surface area contributed by atoms with E-state index in [9.17, 15) is 4.79 Å². The molecule has 3 rings (SSSR count). The Morgan fingerprint density at radius 1 is 1.40 bits per heavy atom. The van der Waals surface area contributed by atoms with Crippen molar-refractivity contribution in [3.05, 3.63) is 28.8 Å². The van der Waals surface area contributed by atoms with Crippen LogP contribution in [0.4, 0.5) is 5.69 Å². The van der Waals surface area contributed by atoms with E-state index in [0.29, 0.717) is 11.8 Å². The van der Waals surface area contributed by atoms with Gasteiger partial charge in [-0.05, 0) is 56.0 Å². The Balaban J connectivity index is 0.00000156. The molecule has 0 saturated carbocycles. The Kier molecular flexibility index (Phi) is 8.82. The lowest BCUT2D eigenvalue weighted by atomic mass is 9.88. The lowest BCUT2D eigenvalue weighted by molar-refractivity contribution is -0.126. The molecule has 2 fully saturated rings. The molecule has 2 aliphatic heterocycles. The molecule has 25 heavy (non-hydrogen) atoms. The molecule has 2 saturated heterocycles. The number of aryl methyl sites for hydroxylation is 1. The van der Waals surface area contributed by atoms with Gasteiger partial charge < -0.3 is 15.5 Å². The SMILES string of the molecule is Cc1ccc(Cl)cc1N1CCC(CNC(=O)C(C)C2CNC2)C1.Cl.Cl. The molecule has 1 aromatic carbocycles. The van der Waals surface area contributed by atoms with Crippen LogP contribution in [0.1, 0.15) is 18.9 Å². The number of anilines is 1. The summed E-state index contributed by atoms with van der Waals surface area (Å²) >= 11 is 6.13. The minimum atomic E-state index is 0. The zero-order valence-corrected chi connectivity index (χ0v) is 17.1. The lowest BCUT2D eigenvalue weighted by Gasteiger charge is -2.32. The number of amides is 1. The maximum absolute atomic E-state index is 12.2. The van der Waals surface area contributed by atoms with Gasteiger partial charge in [-0.1, -0.05) is 24.6 Å². The van der Waals surface area contributed by atoms with Crippen LogP contribution in [0.25, 0.3) is 0 Å². The predicted molar refractivity (Wildman–Crippen MR) is 110 cm³/mol. The smallest absolute Gasteiger partial charge is 0.223 e. The van der Waals surface area contributed by atoms with Gasteiger partial charge >= 0.3 is 0 Å². The van der Waals surface area contributed by atoms with Crippen LogP contribution in [0, 0.1) is 24.7 Å². The molecule has 2 atom stereocenters. The third-order valence-corrected chi connectivity index (χ3v) is 5.53. The first-order valence-electron chi connectivity index (χ1n) is 8.54. The van der Waals surface area contributed by atoms with Crippen molar-refractivity contribution in [2.24, 2.45) is 17.8 Å². The van der Waals surface area contributed by atoms with E-state index in [4.69, 9.17) is 11.6 Å². The summed E-state index contributed by atoms with van der Waals surface area (Å²) in [6.45, 7) is 8.90. The third-order valence-electron chi connectivity index (χ3n) is 5.30. The monoisotopic (exact) mass is 407 g/mol. The minimum absolute atomic E-state index is 0. The quantitative estimate of drug-likeness (QED) is 0.786. The van der Waals surface area contributed by atoms with Crippen molar-refractivity contribution < 1.29 is 4.79 Å². The van der Waals surface area contributed by atoms with Gasteiger partial charge in [-0.3, -0.25) is 4.79 Å². The van der Waals surface area contributed by atoms with Crippen molar-refractivity contribution in [2.45, 2.75) is 20.3 Å². The van der Waals surface area contributed by atoms with E-state index in [1.54, 1.807) is 0 Å². The van der Waals surface area contributed by atoms with Crippen LogP contribution < -0.4 is 15.5 Å². The van der Waals surface area contributed by atoms with Gasteiger partial charge in [0.25, 0.3) is 0 Å². The fraction of sp³-hybridized carbons (Fsp3) is 0.611. The molecule has 1 amide bonds. The summed E-state index contributed by atoms with van der Waals surface area (Å²) in [6, 6.07) is 6.05. The number of nitrogens with zero attached hydrogens (tertiary/aromatic N) is 1. The second kappa shape index (κ2) is 9.86. The normalized spacial score (nSPS) is 20.9. The summed E-state index contributed by atoms with van der Waals surface area (Å²) in [5, 5.41) is 7.17. The van der Waals surface area contributed by atoms with E-state index < -0.39 is 0 Å². The highest BCUT2D eigenvalue weighted by Gasteiger charge is 2.30. The number of benzene rings is 1. The molecule has 0 bridgehead atoms. The molecule has 4 nitrogen and oxygen atoms in total. The Morgan fingerprint density at radius 3 is 2.76 bits per heavy atom. The van der Waals surface area contributed by atoms with Crippen molar-refractivity contribution in [1.29, 1.82) is 0 Å². The predicted octanol–water partition coefficient (Wildman–Crippen LogP) is 3.29. The average Bonchev–Trinajstić information content (AvgIpc) is 2.94. The van der Waals surface area contributed by atoms with Gasteiger partial charge in [-0.15, -0.1) is 24.8 Å². The maximum Gasteiger partial charge on any atom is 0.223 e. The van der Waals surface area contributed by atoms with E-state index in [1.165, 1.54) is 11.3 Å². The van der Waals surface area contributed by atoms with Gasteiger partial charge in [0.05, 0.1) is 0 Å². The molecule has 0 spiro atoms. The number of nitrogens with one attached hydrogen (secondary N) is 2. The number of hydrogen-bond acceptors (Lipinski definition) is 3. The molecular formula is C18H28Cl3N3O. The number of hydrogen-bond donors (Lipinski definition) is 2. The van der Waals surface area contributed by atoms with Crippen LogP contribution >= 0.6 is 36.4 Å². The molecular weight excluding hydrogens is 381 g/mol. The molecule has 2 heterocycles. The van der Waals surface area contributed by atoms with E-state index in [2.05, 4.69) is 28.5 Å². The van der Waals surface area contributed by atoms with Gasteiger partial charge in [0.1, 0.15) is 0 Å². The number of rotatable bonds is 5. The molecule has 7 heteroatoms. The number of carbonyl (C=O) groups excluding carboxylic acids is 1. The Morgan fingerprint density at radius 2 is 2.12 bits per heavy atom. The third kappa shape index (κ3) is 5.40. The summed E-state index contributed by atoms with van der Waals surface area (Å²) in [7, 11) is 0. The van der Waals surface area contributed by atoms with E-state index in [1.807, 2.05) is 19.1 Å². The Bertz CT molecular complexity index is 581. The van der Waals surface area contributed by atoms with E-state index >= 15 is 0 Å². The first kappa shape index (κ1) is 22.4. The second-order valence-corrected chi connectivity index (χ2v) is 7.42. The summed E-state index contributed by atoms with van der Waals surface area (Å²) in [6.07, 6.45) is 1.12. The van der Waals surface area contributed by atoms with Crippen LogP contribution in [0.2, 0.25) is 5.02 Å². The second-order valence-electron chi connectivity index (χ2n) is 6.98. The summed E-state index contributed by atoms with van der Waals surface area (Å²) in [5.41, 5.74) is 2.48. The van der Waals surface area contributed by atoms with Crippen LogP contribution in [0.5, 0.6) is 0 Å².